The van der Waals surface area contributed by atoms with Crippen LogP contribution < -0.4 is 11.2 Å². The summed E-state index contributed by atoms with van der Waals surface area (Å²) in [6.45, 7) is -0.399. The Labute approximate surface area is 168 Å². The van der Waals surface area contributed by atoms with Crippen LogP contribution in [0.4, 0.5) is 23.2 Å². The van der Waals surface area contributed by atoms with Gasteiger partial charge in [0.15, 0.2) is 0 Å². The van der Waals surface area contributed by atoms with Gasteiger partial charge in [0.2, 0.25) is 0 Å². The van der Waals surface area contributed by atoms with Gasteiger partial charge in [0.25, 0.3) is 11.8 Å². The molecule has 11 heteroatoms. The fourth-order valence-corrected chi connectivity index (χ4v) is 3.34. The van der Waals surface area contributed by atoms with Crippen molar-refractivity contribution in [2.75, 3.05) is 25.2 Å². The van der Waals surface area contributed by atoms with Gasteiger partial charge in [-0.15, -0.1) is 0 Å². The molecule has 0 spiro atoms. The molecule has 29 heavy (non-hydrogen) atoms. The maximum absolute atomic E-state index is 14.8. The number of nitrogens with one attached hydrogen (secondary N) is 1. The topological polar surface area (TPSA) is 80.5 Å². The van der Waals surface area contributed by atoms with Crippen LogP contribution >= 0.6 is 11.6 Å². The quantitative estimate of drug-likeness (QED) is 0.574. The van der Waals surface area contributed by atoms with Gasteiger partial charge in [-0.1, -0.05) is 11.6 Å². The highest BCUT2D eigenvalue weighted by atomic mass is 35.5. The maximum Gasteiger partial charge on any atom is 0.281 e. The van der Waals surface area contributed by atoms with Crippen molar-refractivity contribution in [3.8, 4) is 0 Å². The van der Waals surface area contributed by atoms with E-state index in [0.717, 1.165) is 29.4 Å². The Morgan fingerprint density at radius 3 is 2.76 bits per heavy atom. The van der Waals surface area contributed by atoms with Gasteiger partial charge in [0.1, 0.15) is 30.7 Å². The Bertz CT molecular complexity index is 946. The number of alkyl halides is 2. The lowest BCUT2D eigenvalue weighted by atomic mass is 9.76. The number of pyridine rings is 1. The van der Waals surface area contributed by atoms with E-state index < -0.39 is 35.5 Å². The predicted molar refractivity (Wildman–Crippen MR) is 97.6 cm³/mol. The van der Waals surface area contributed by atoms with E-state index >= 15 is 0 Å². The summed E-state index contributed by atoms with van der Waals surface area (Å²) in [4.78, 5) is 16.0. The minimum absolute atomic E-state index is 0.0272. The van der Waals surface area contributed by atoms with Crippen LogP contribution in [0.2, 0.25) is 5.02 Å². The van der Waals surface area contributed by atoms with Gasteiger partial charge in [-0.05, 0) is 31.2 Å². The number of hydrazine groups is 1. The van der Waals surface area contributed by atoms with Crippen LogP contribution in [0.5, 0.6) is 0 Å². The largest absolute Gasteiger partial charge is 0.359 e. The third kappa shape index (κ3) is 4.20. The average Bonchev–Trinajstić information content (AvgIpc) is 2.72. The van der Waals surface area contributed by atoms with Crippen LogP contribution in [-0.2, 0) is 10.2 Å². The molecule has 0 aliphatic carbocycles. The molecule has 1 aliphatic heterocycles. The number of hydrogen-bond acceptors (Lipinski definition) is 5. The molecule has 156 valence electrons. The maximum atomic E-state index is 14.8. The van der Waals surface area contributed by atoms with Gasteiger partial charge in [0.05, 0.1) is 16.6 Å². The first-order chi connectivity index (χ1) is 13.5. The van der Waals surface area contributed by atoms with E-state index in [1.807, 2.05) is 0 Å². The van der Waals surface area contributed by atoms with E-state index in [1.54, 1.807) is 0 Å². The molecule has 1 aromatic carbocycles. The van der Waals surface area contributed by atoms with E-state index in [2.05, 4.69) is 10.3 Å². The second-order valence-electron chi connectivity index (χ2n) is 6.89. The van der Waals surface area contributed by atoms with Crippen LogP contribution in [-0.4, -0.2) is 41.7 Å². The minimum atomic E-state index is -3.44. The van der Waals surface area contributed by atoms with Gasteiger partial charge >= 0.3 is 0 Å². The summed E-state index contributed by atoms with van der Waals surface area (Å²) in [7, 11) is 0. The van der Waals surface area contributed by atoms with Crippen molar-refractivity contribution in [3.63, 3.8) is 0 Å². The summed E-state index contributed by atoms with van der Waals surface area (Å²) >= 11 is 5.81. The molecule has 3 rings (SSSR count). The second-order valence-corrected chi connectivity index (χ2v) is 7.30. The van der Waals surface area contributed by atoms with Gasteiger partial charge in [-0.2, -0.15) is 0 Å². The number of carbonyl (C=O) groups excluding carboxylic acids is 1. The summed E-state index contributed by atoms with van der Waals surface area (Å²) < 4.78 is 62.1. The summed E-state index contributed by atoms with van der Waals surface area (Å²) in [6.07, 6.45) is 0.805. The summed E-state index contributed by atoms with van der Waals surface area (Å²) in [6, 6.07) is 4.15. The van der Waals surface area contributed by atoms with Gasteiger partial charge in [-0.25, -0.2) is 27.6 Å². The second kappa shape index (κ2) is 7.86. The number of halogens is 5. The molecule has 2 heterocycles. The highest BCUT2D eigenvalue weighted by molar-refractivity contribution is 6.34. The highest BCUT2D eigenvalue weighted by Crippen LogP contribution is 2.43. The molecule has 6 nitrogen and oxygen atoms in total. The van der Waals surface area contributed by atoms with Crippen molar-refractivity contribution in [2.24, 2.45) is 5.84 Å². The van der Waals surface area contributed by atoms with Crippen molar-refractivity contribution in [1.29, 1.82) is 0 Å². The number of nitrogens with zero attached hydrogens (tertiary/aromatic N) is 2. The zero-order valence-electron chi connectivity index (χ0n) is 15.2. The molecular weight excluding hydrogens is 416 g/mol. The number of benzene rings is 1. The van der Waals surface area contributed by atoms with Crippen molar-refractivity contribution in [1.82, 2.24) is 9.99 Å². The van der Waals surface area contributed by atoms with E-state index in [9.17, 15) is 22.4 Å². The molecule has 1 saturated heterocycles. The SMILES string of the molecule is CC1(c2cc(NC(=O)c3ncc(F)cc3Cl)ccc2F)CN(N)COCC1(F)F. The third-order valence-electron chi connectivity index (χ3n) is 4.71. The summed E-state index contributed by atoms with van der Waals surface area (Å²) in [5.74, 6) is -0.197. The molecule has 1 amide bonds. The monoisotopic (exact) mass is 432 g/mol. The molecule has 3 N–H and O–H groups in total. The molecule has 1 fully saturated rings. The molecule has 1 aliphatic rings. The predicted octanol–water partition coefficient (Wildman–Crippen LogP) is 3.32. The van der Waals surface area contributed by atoms with Crippen molar-refractivity contribution in [2.45, 2.75) is 18.3 Å². The molecular formula is C18H17ClF4N4O2. The van der Waals surface area contributed by atoms with Crippen molar-refractivity contribution in [3.05, 3.63) is 58.4 Å². The zero-order chi connectivity index (χ0) is 21.4. The van der Waals surface area contributed by atoms with Crippen molar-refractivity contribution < 1.29 is 27.1 Å². The molecule has 1 atom stereocenters. The minimum Gasteiger partial charge on any atom is -0.359 e. The third-order valence-corrected chi connectivity index (χ3v) is 5.00. The summed E-state index contributed by atoms with van der Waals surface area (Å²) in [5.41, 5.74) is -2.63. The number of anilines is 1. The Morgan fingerprint density at radius 1 is 1.34 bits per heavy atom. The molecule has 0 saturated carbocycles. The molecule has 1 unspecified atom stereocenters. The fourth-order valence-electron chi connectivity index (χ4n) is 3.10. The van der Waals surface area contributed by atoms with Crippen LogP contribution in [0.1, 0.15) is 23.0 Å². The van der Waals surface area contributed by atoms with E-state index in [1.165, 1.54) is 13.0 Å². The normalized spacial score (nSPS) is 22.2. The molecule has 2 aromatic rings. The van der Waals surface area contributed by atoms with E-state index in [4.69, 9.17) is 22.2 Å². The number of aromatic nitrogens is 1. The standard InChI is InChI=1S/C18H17ClF4N4O2/c1-17(7-27(24)9-29-8-18(17,22)23)12-5-11(2-3-14(12)21)26-16(28)15-13(19)4-10(20)6-25-15/h2-6H,7-9,24H2,1H3,(H,26,28). The molecule has 0 radical (unpaired) electrons. The smallest absolute Gasteiger partial charge is 0.281 e. The Morgan fingerprint density at radius 2 is 2.07 bits per heavy atom. The van der Waals surface area contributed by atoms with Crippen molar-refractivity contribution >= 4 is 23.2 Å². The Balaban J connectivity index is 1.96. The Hall–Kier alpha value is -2.27. The molecule has 1 aromatic heterocycles. The van der Waals surface area contributed by atoms with E-state index in [-0.39, 0.29) is 35.2 Å². The average molecular weight is 433 g/mol. The van der Waals surface area contributed by atoms with Crippen LogP contribution in [0.15, 0.2) is 30.5 Å². The lowest BCUT2D eigenvalue weighted by Gasteiger charge is -2.37. The van der Waals surface area contributed by atoms with Crippen LogP contribution in [0.25, 0.3) is 0 Å². The number of carbonyl (C=O) groups is 1. The number of nitrogens with two attached hydrogens (primary N) is 1. The number of ether oxygens (including phenoxy) is 1. The van der Waals surface area contributed by atoms with Crippen LogP contribution in [0, 0.1) is 11.6 Å². The summed E-state index contributed by atoms with van der Waals surface area (Å²) in [5, 5.41) is 3.19. The molecule has 0 bridgehead atoms. The number of rotatable bonds is 3. The van der Waals surface area contributed by atoms with Gasteiger partial charge < -0.3 is 10.1 Å². The lowest BCUT2D eigenvalue weighted by Crippen LogP contribution is -2.52. The van der Waals surface area contributed by atoms with Crippen LogP contribution in [0.3, 0.4) is 0 Å². The first kappa shape index (κ1) is 21.4. The first-order valence-corrected chi connectivity index (χ1v) is 8.79. The zero-order valence-corrected chi connectivity index (χ0v) is 15.9. The first-order valence-electron chi connectivity index (χ1n) is 8.41. The fraction of sp³-hybridized carbons (Fsp3) is 0.333. The van der Waals surface area contributed by atoms with Gasteiger partial charge in [-0.3, -0.25) is 10.6 Å². The van der Waals surface area contributed by atoms with Gasteiger partial charge in [0, 0.05) is 17.8 Å². The number of hydrogen-bond donors (Lipinski definition) is 2. The Kier molecular flexibility index (Phi) is 5.81. The van der Waals surface area contributed by atoms with E-state index in [0.29, 0.717) is 0 Å². The number of amides is 1. The lowest BCUT2D eigenvalue weighted by molar-refractivity contribution is -0.111. The highest BCUT2D eigenvalue weighted by Gasteiger charge is 2.54.